The molecule has 0 aliphatic rings. The average Bonchev–Trinajstić information content (AvgIpc) is 2.87. The van der Waals surface area contributed by atoms with Crippen molar-refractivity contribution in [1.82, 2.24) is 9.36 Å². The quantitative estimate of drug-likeness (QED) is 0.673. The Bertz CT molecular complexity index is 1040. The Balaban J connectivity index is 1.76. The fourth-order valence-electron chi connectivity index (χ4n) is 2.74. The van der Waals surface area contributed by atoms with E-state index >= 15 is 0 Å². The monoisotopic (exact) mass is 429 g/mol. The summed E-state index contributed by atoms with van der Waals surface area (Å²) >= 11 is 3.42. The minimum Gasteiger partial charge on any atom is -0.484 e. The van der Waals surface area contributed by atoms with Crippen molar-refractivity contribution < 1.29 is 9.53 Å². The average molecular weight is 430 g/mol. The Hall–Kier alpha value is -2.80. The third-order valence-electron chi connectivity index (χ3n) is 4.32. The zero-order valence-corrected chi connectivity index (χ0v) is 16.9. The number of para-hydroxylation sites is 1. The number of aromatic nitrogens is 2. The number of carbonyl (C=O) groups excluding carboxylic acids is 1. The Kier molecular flexibility index (Phi) is 5.51. The van der Waals surface area contributed by atoms with Gasteiger partial charge in [-0.25, -0.2) is 4.68 Å². The Morgan fingerprint density at radius 2 is 1.85 bits per heavy atom. The van der Waals surface area contributed by atoms with E-state index in [0.717, 1.165) is 15.7 Å². The minimum atomic E-state index is -0.387. The highest BCUT2D eigenvalue weighted by Crippen LogP contribution is 2.21. The SMILES string of the molecule is Cc1cc(OCC(=O)Nc2c(C)n(C)n(-c3ccccc3)c2=O)ccc1Br. The summed E-state index contributed by atoms with van der Waals surface area (Å²) < 4.78 is 9.73. The first kappa shape index (κ1) is 19.0. The van der Waals surface area contributed by atoms with Gasteiger partial charge in [-0.15, -0.1) is 0 Å². The van der Waals surface area contributed by atoms with Gasteiger partial charge in [-0.05, 0) is 49.7 Å². The van der Waals surface area contributed by atoms with E-state index in [1.54, 1.807) is 24.7 Å². The molecule has 6 nitrogen and oxygen atoms in total. The number of hydrogen-bond donors (Lipinski definition) is 1. The van der Waals surface area contributed by atoms with Gasteiger partial charge in [0, 0.05) is 11.5 Å². The van der Waals surface area contributed by atoms with Crippen LogP contribution < -0.4 is 15.6 Å². The highest BCUT2D eigenvalue weighted by molar-refractivity contribution is 9.10. The maximum absolute atomic E-state index is 12.8. The summed E-state index contributed by atoms with van der Waals surface area (Å²) in [4.78, 5) is 25.1. The lowest BCUT2D eigenvalue weighted by Gasteiger charge is -2.08. The molecule has 1 N–H and O–H groups in total. The molecule has 1 amide bonds. The second-order valence-corrected chi connectivity index (χ2v) is 7.04. The molecule has 1 heterocycles. The molecule has 1 aromatic heterocycles. The van der Waals surface area contributed by atoms with E-state index in [2.05, 4.69) is 21.2 Å². The summed E-state index contributed by atoms with van der Waals surface area (Å²) in [6.45, 7) is 3.55. The lowest BCUT2D eigenvalue weighted by molar-refractivity contribution is -0.118. The highest BCUT2D eigenvalue weighted by Gasteiger charge is 2.18. The summed E-state index contributed by atoms with van der Waals surface area (Å²) in [5.41, 5.74) is 2.38. The van der Waals surface area contributed by atoms with Gasteiger partial charge in [0.1, 0.15) is 11.4 Å². The van der Waals surface area contributed by atoms with Crippen molar-refractivity contribution in [2.45, 2.75) is 13.8 Å². The number of hydrogen-bond acceptors (Lipinski definition) is 3. The summed E-state index contributed by atoms with van der Waals surface area (Å²) in [5, 5.41) is 2.68. The largest absolute Gasteiger partial charge is 0.484 e. The van der Waals surface area contributed by atoms with Gasteiger partial charge in [-0.3, -0.25) is 14.3 Å². The van der Waals surface area contributed by atoms with Crippen LogP contribution in [-0.2, 0) is 11.8 Å². The number of carbonyl (C=O) groups is 1. The van der Waals surface area contributed by atoms with Crippen LogP contribution in [0.1, 0.15) is 11.3 Å². The van der Waals surface area contributed by atoms with Crippen LogP contribution in [0.15, 0.2) is 57.8 Å². The Morgan fingerprint density at radius 1 is 1.15 bits per heavy atom. The second kappa shape index (κ2) is 7.84. The van der Waals surface area contributed by atoms with E-state index in [1.165, 1.54) is 4.68 Å². The molecule has 0 radical (unpaired) electrons. The van der Waals surface area contributed by atoms with Crippen LogP contribution in [0, 0.1) is 13.8 Å². The third kappa shape index (κ3) is 3.98. The zero-order valence-electron chi connectivity index (χ0n) is 15.3. The van der Waals surface area contributed by atoms with Crippen LogP contribution in [0.25, 0.3) is 5.69 Å². The van der Waals surface area contributed by atoms with Crippen LogP contribution in [0.3, 0.4) is 0 Å². The first-order valence-electron chi connectivity index (χ1n) is 8.41. The van der Waals surface area contributed by atoms with Crippen molar-refractivity contribution in [2.24, 2.45) is 7.05 Å². The molecular weight excluding hydrogens is 410 g/mol. The van der Waals surface area contributed by atoms with Gasteiger partial charge < -0.3 is 10.1 Å². The number of nitrogens with one attached hydrogen (secondary N) is 1. The molecule has 0 unspecified atom stereocenters. The predicted molar refractivity (Wildman–Crippen MR) is 109 cm³/mol. The number of anilines is 1. The van der Waals surface area contributed by atoms with E-state index in [-0.39, 0.29) is 23.8 Å². The topological polar surface area (TPSA) is 65.3 Å². The number of halogens is 1. The summed E-state index contributed by atoms with van der Waals surface area (Å²) in [7, 11) is 1.78. The lowest BCUT2D eigenvalue weighted by Crippen LogP contribution is -2.25. The van der Waals surface area contributed by atoms with E-state index in [1.807, 2.05) is 49.4 Å². The molecule has 0 aliphatic carbocycles. The second-order valence-electron chi connectivity index (χ2n) is 6.18. The molecule has 0 spiro atoms. The van der Waals surface area contributed by atoms with Crippen molar-refractivity contribution >= 4 is 27.5 Å². The summed E-state index contributed by atoms with van der Waals surface area (Å²) in [6.07, 6.45) is 0. The Labute approximate surface area is 165 Å². The lowest BCUT2D eigenvalue weighted by atomic mass is 10.2. The number of aryl methyl sites for hydroxylation is 1. The summed E-state index contributed by atoms with van der Waals surface area (Å²) in [5.74, 6) is 0.207. The van der Waals surface area contributed by atoms with Gasteiger partial charge in [-0.2, -0.15) is 0 Å². The summed E-state index contributed by atoms with van der Waals surface area (Å²) in [6, 6.07) is 14.8. The molecule has 2 aromatic carbocycles. The minimum absolute atomic E-state index is 0.180. The van der Waals surface area contributed by atoms with Crippen molar-refractivity contribution in [3.63, 3.8) is 0 Å². The van der Waals surface area contributed by atoms with Crippen LogP contribution >= 0.6 is 15.9 Å². The predicted octanol–water partition coefficient (Wildman–Crippen LogP) is 3.57. The van der Waals surface area contributed by atoms with E-state index in [9.17, 15) is 9.59 Å². The number of nitrogens with zero attached hydrogens (tertiary/aromatic N) is 2. The number of ether oxygens (including phenoxy) is 1. The molecule has 0 aliphatic heterocycles. The van der Waals surface area contributed by atoms with E-state index < -0.39 is 0 Å². The maximum atomic E-state index is 12.8. The first-order valence-corrected chi connectivity index (χ1v) is 9.20. The third-order valence-corrected chi connectivity index (χ3v) is 5.21. The molecule has 0 saturated carbocycles. The standard InChI is InChI=1S/C20H20BrN3O3/c1-13-11-16(9-10-17(13)21)27-12-18(25)22-19-14(2)23(3)24(20(19)26)15-7-5-4-6-8-15/h4-11H,12H2,1-3H3,(H,22,25). The normalized spacial score (nSPS) is 10.7. The van der Waals surface area contributed by atoms with Crippen LogP contribution in [0.4, 0.5) is 5.69 Å². The molecule has 0 fully saturated rings. The molecule has 0 atom stereocenters. The van der Waals surface area contributed by atoms with Crippen LogP contribution in [-0.4, -0.2) is 21.9 Å². The number of benzene rings is 2. The smallest absolute Gasteiger partial charge is 0.295 e. The van der Waals surface area contributed by atoms with Gasteiger partial charge in [0.05, 0.1) is 11.4 Å². The molecule has 0 bridgehead atoms. The molecule has 0 saturated heterocycles. The van der Waals surface area contributed by atoms with Gasteiger partial charge in [0.25, 0.3) is 11.5 Å². The maximum Gasteiger partial charge on any atom is 0.295 e. The highest BCUT2D eigenvalue weighted by atomic mass is 79.9. The zero-order chi connectivity index (χ0) is 19.6. The molecule has 7 heteroatoms. The van der Waals surface area contributed by atoms with Crippen LogP contribution in [0.5, 0.6) is 5.75 Å². The molecule has 3 rings (SSSR count). The van der Waals surface area contributed by atoms with E-state index in [4.69, 9.17) is 4.74 Å². The van der Waals surface area contributed by atoms with Gasteiger partial charge in [0.2, 0.25) is 0 Å². The van der Waals surface area contributed by atoms with Gasteiger partial charge in [-0.1, -0.05) is 34.1 Å². The van der Waals surface area contributed by atoms with Crippen molar-refractivity contribution in [3.05, 3.63) is 74.6 Å². The van der Waals surface area contributed by atoms with Crippen molar-refractivity contribution in [2.75, 3.05) is 11.9 Å². The number of rotatable bonds is 5. The van der Waals surface area contributed by atoms with Crippen LogP contribution in [0.2, 0.25) is 0 Å². The van der Waals surface area contributed by atoms with E-state index in [0.29, 0.717) is 11.4 Å². The Morgan fingerprint density at radius 3 is 2.52 bits per heavy atom. The first-order chi connectivity index (χ1) is 12.9. The molecule has 27 heavy (non-hydrogen) atoms. The van der Waals surface area contributed by atoms with Crippen molar-refractivity contribution in [1.29, 1.82) is 0 Å². The molecule has 140 valence electrons. The van der Waals surface area contributed by atoms with Crippen molar-refractivity contribution in [3.8, 4) is 11.4 Å². The van der Waals surface area contributed by atoms with Gasteiger partial charge in [0.15, 0.2) is 6.61 Å². The van der Waals surface area contributed by atoms with Gasteiger partial charge >= 0.3 is 0 Å². The fourth-order valence-corrected chi connectivity index (χ4v) is 2.99. The molecular formula is C20H20BrN3O3. The molecule has 3 aromatic rings. The number of amides is 1. The fraction of sp³-hybridized carbons (Fsp3) is 0.200.